The summed E-state index contributed by atoms with van der Waals surface area (Å²) in [7, 11) is 0. The van der Waals surface area contributed by atoms with Gasteiger partial charge in [0, 0.05) is 0 Å². The molecule has 0 bridgehead atoms. The third-order valence-electron chi connectivity index (χ3n) is 0.682. The largest absolute Gasteiger partial charge is 0.411 e. The van der Waals surface area contributed by atoms with Gasteiger partial charge in [-0.05, 0) is 0 Å². The van der Waals surface area contributed by atoms with Crippen molar-refractivity contribution < 1.29 is 29.6 Å². The minimum atomic E-state index is -2.06. The predicted molar refractivity (Wildman–Crippen MR) is 25.8 cm³/mol. The molecule has 0 aliphatic heterocycles. The van der Waals surface area contributed by atoms with Crippen molar-refractivity contribution in [2.45, 2.75) is 6.10 Å². The Labute approximate surface area is 54.9 Å². The van der Waals surface area contributed by atoms with Crippen molar-refractivity contribution in [3.8, 4) is 0 Å². The summed E-state index contributed by atoms with van der Waals surface area (Å²) in [6, 6.07) is 0. The Balaban J connectivity index is 4.07. The van der Waals surface area contributed by atoms with Gasteiger partial charge in [-0.25, -0.2) is 4.79 Å². The lowest BCUT2D eigenvalue weighted by atomic mass is 10.2. The van der Waals surface area contributed by atoms with Crippen molar-refractivity contribution in [1.82, 2.24) is 0 Å². The van der Waals surface area contributed by atoms with E-state index >= 15 is 0 Å². The molecule has 0 fully saturated rings. The van der Waals surface area contributed by atoms with E-state index in [1.165, 1.54) is 0 Å². The Kier molecular flexibility index (Phi) is 3.23. The molecule has 0 saturated heterocycles. The molecule has 0 radical (unpaired) electrons. The second kappa shape index (κ2) is 3.70. The molecule has 0 saturated carbocycles. The Morgan fingerprint density at radius 1 is 1.50 bits per heavy atom. The highest BCUT2D eigenvalue weighted by Crippen LogP contribution is 1.83. The summed E-state index contributed by atoms with van der Waals surface area (Å²) in [5.41, 5.74) is 0. The lowest BCUT2D eigenvalue weighted by molar-refractivity contribution is -0.233. The number of carbonyl (C=O) groups is 3. The van der Waals surface area contributed by atoms with Gasteiger partial charge in [-0.1, -0.05) is 0 Å². The lowest BCUT2D eigenvalue weighted by Crippen LogP contribution is -2.30. The summed E-state index contributed by atoms with van der Waals surface area (Å²) in [4.78, 5) is 32.7. The highest BCUT2D eigenvalue weighted by Gasteiger charge is 2.24. The average Bonchev–Trinajstić information content (AvgIpc) is 2.00. The maximum atomic E-state index is 10.2. The first kappa shape index (κ1) is 8.73. The number of aliphatic hydroxyl groups excluding tert-OH is 1. The molecule has 0 aliphatic carbocycles. The Morgan fingerprint density at radius 2 is 2.00 bits per heavy atom. The van der Waals surface area contributed by atoms with Crippen LogP contribution in [0.2, 0.25) is 0 Å². The molecule has 0 amide bonds. The van der Waals surface area contributed by atoms with E-state index < -0.39 is 17.9 Å². The number of aliphatic hydroxyl groups is 1. The molecular formula is C4H4O6. The molecule has 0 aromatic carbocycles. The molecule has 10 heavy (non-hydrogen) atoms. The number of ketones is 1. The van der Waals surface area contributed by atoms with Crippen LogP contribution in [0.15, 0.2) is 0 Å². The zero-order chi connectivity index (χ0) is 8.15. The number of hydrogen-bond donors (Lipinski definition) is 2. The van der Waals surface area contributed by atoms with Crippen LogP contribution in [0.3, 0.4) is 0 Å². The first-order chi connectivity index (χ1) is 4.63. The number of aldehydes is 1. The molecule has 6 nitrogen and oxygen atoms in total. The zero-order valence-electron chi connectivity index (χ0n) is 4.68. The normalized spacial score (nSPS) is 11.8. The zero-order valence-corrected chi connectivity index (χ0v) is 4.68. The molecule has 56 valence electrons. The second-order valence-corrected chi connectivity index (χ2v) is 1.32. The second-order valence-electron chi connectivity index (χ2n) is 1.32. The molecule has 1 unspecified atom stereocenters. The Morgan fingerprint density at radius 3 is 2.30 bits per heavy atom. The van der Waals surface area contributed by atoms with Crippen molar-refractivity contribution in [3.05, 3.63) is 0 Å². The predicted octanol–water partition coefficient (Wildman–Crippen LogP) is -1.87. The third kappa shape index (κ3) is 1.92. The fourth-order valence-electron chi connectivity index (χ4n) is 0.228. The summed E-state index contributed by atoms with van der Waals surface area (Å²) in [6.07, 6.45) is -2.21. The smallest absolute Gasteiger partial charge is 0.377 e. The van der Waals surface area contributed by atoms with E-state index in [1.54, 1.807) is 0 Å². The van der Waals surface area contributed by atoms with E-state index in [1.807, 2.05) is 0 Å². The van der Waals surface area contributed by atoms with Crippen molar-refractivity contribution in [1.29, 1.82) is 0 Å². The van der Waals surface area contributed by atoms with E-state index in [2.05, 4.69) is 4.89 Å². The average molecular weight is 148 g/mol. The highest BCUT2D eigenvalue weighted by molar-refractivity contribution is 6.38. The van der Waals surface area contributed by atoms with Crippen molar-refractivity contribution in [3.63, 3.8) is 0 Å². The van der Waals surface area contributed by atoms with Gasteiger partial charge in [0.15, 0.2) is 12.4 Å². The Bertz CT molecular complexity index is 161. The van der Waals surface area contributed by atoms with E-state index in [9.17, 15) is 14.4 Å². The monoisotopic (exact) mass is 148 g/mol. The SMILES string of the molecule is O=CC(O)C(=O)C(=O)OO. The highest BCUT2D eigenvalue weighted by atomic mass is 17.1. The summed E-state index contributed by atoms with van der Waals surface area (Å²) in [6.45, 7) is 0. The van der Waals surface area contributed by atoms with Gasteiger partial charge in [0.05, 0.1) is 0 Å². The van der Waals surface area contributed by atoms with Crippen LogP contribution in [0.4, 0.5) is 0 Å². The van der Waals surface area contributed by atoms with Crippen LogP contribution in [-0.4, -0.2) is 34.5 Å². The van der Waals surface area contributed by atoms with Gasteiger partial charge >= 0.3 is 5.97 Å². The first-order valence-corrected chi connectivity index (χ1v) is 2.16. The number of hydrogen-bond acceptors (Lipinski definition) is 6. The minimum Gasteiger partial charge on any atom is -0.377 e. The van der Waals surface area contributed by atoms with Gasteiger partial charge in [-0.2, -0.15) is 5.26 Å². The molecule has 0 heterocycles. The van der Waals surface area contributed by atoms with Gasteiger partial charge in [0.1, 0.15) is 0 Å². The van der Waals surface area contributed by atoms with Crippen LogP contribution in [0, 0.1) is 0 Å². The van der Waals surface area contributed by atoms with Crippen molar-refractivity contribution in [2.75, 3.05) is 0 Å². The van der Waals surface area contributed by atoms with Crippen LogP contribution >= 0.6 is 0 Å². The maximum Gasteiger partial charge on any atom is 0.411 e. The summed E-state index contributed by atoms with van der Waals surface area (Å²) >= 11 is 0. The Hall–Kier alpha value is -1.27. The van der Waals surface area contributed by atoms with Crippen LogP contribution < -0.4 is 0 Å². The first-order valence-electron chi connectivity index (χ1n) is 2.16. The van der Waals surface area contributed by atoms with Gasteiger partial charge in [-0.15, -0.1) is 0 Å². The molecule has 0 aromatic heterocycles. The molecule has 1 atom stereocenters. The van der Waals surface area contributed by atoms with Gasteiger partial charge in [-0.3, -0.25) is 14.5 Å². The van der Waals surface area contributed by atoms with Gasteiger partial charge in [0.25, 0.3) is 5.78 Å². The van der Waals surface area contributed by atoms with Crippen LogP contribution in [0.25, 0.3) is 0 Å². The van der Waals surface area contributed by atoms with Crippen LogP contribution in [0.5, 0.6) is 0 Å². The molecule has 0 spiro atoms. The fourth-order valence-corrected chi connectivity index (χ4v) is 0.228. The topological polar surface area (TPSA) is 101 Å². The maximum absolute atomic E-state index is 10.2. The van der Waals surface area contributed by atoms with Crippen LogP contribution in [-0.2, 0) is 19.3 Å². The van der Waals surface area contributed by atoms with E-state index in [0.717, 1.165) is 0 Å². The molecule has 0 aliphatic rings. The van der Waals surface area contributed by atoms with Crippen molar-refractivity contribution in [2.24, 2.45) is 0 Å². The molecule has 0 aromatic rings. The number of Topliss-reactive ketones (excluding diaryl/α,β-unsaturated/α-hetero) is 1. The number of rotatable bonds is 3. The standard InChI is InChI=1S/C4H4O6/c5-1-2(6)3(7)4(8)10-9/h1-2,6,9H. The summed E-state index contributed by atoms with van der Waals surface area (Å²) < 4.78 is 0. The molecular weight excluding hydrogens is 144 g/mol. The molecule has 0 rings (SSSR count). The van der Waals surface area contributed by atoms with Crippen LogP contribution in [0.1, 0.15) is 0 Å². The lowest BCUT2D eigenvalue weighted by Gasteiger charge is -1.95. The van der Waals surface area contributed by atoms with Gasteiger partial charge < -0.3 is 5.11 Å². The quantitative estimate of drug-likeness (QED) is 0.160. The number of carbonyl (C=O) groups excluding carboxylic acids is 3. The van der Waals surface area contributed by atoms with E-state index in [4.69, 9.17) is 10.4 Å². The van der Waals surface area contributed by atoms with E-state index in [0.29, 0.717) is 0 Å². The molecule has 6 heteroatoms. The summed E-state index contributed by atoms with van der Waals surface area (Å²) in [5.74, 6) is -3.17. The molecule has 2 N–H and O–H groups in total. The van der Waals surface area contributed by atoms with E-state index in [-0.39, 0.29) is 6.29 Å². The third-order valence-corrected chi connectivity index (χ3v) is 0.682. The van der Waals surface area contributed by atoms with Gasteiger partial charge in [0.2, 0.25) is 0 Å². The summed E-state index contributed by atoms with van der Waals surface area (Å²) in [5, 5.41) is 15.9. The minimum absolute atomic E-state index is 0.154. The fraction of sp³-hybridized carbons (Fsp3) is 0.250. The van der Waals surface area contributed by atoms with Crippen molar-refractivity contribution >= 4 is 18.0 Å².